The van der Waals surface area contributed by atoms with Gasteiger partial charge in [0.05, 0.1) is 9.95 Å². The molecule has 0 aliphatic carbocycles. The average molecular weight is 296 g/mol. The standard InChI is InChI=1S/C13H11ClFN3O2/c14-10-7-12(18(19)20)13(17-8-10)16-6-5-9-3-1-2-4-11(9)15/h1-4,7-8H,5-6H2,(H,16,17). The predicted molar refractivity (Wildman–Crippen MR) is 74.5 cm³/mol. The summed E-state index contributed by atoms with van der Waals surface area (Å²) in [6.45, 7) is 0.330. The van der Waals surface area contributed by atoms with Gasteiger partial charge in [0.1, 0.15) is 5.82 Å². The first-order chi connectivity index (χ1) is 9.58. The van der Waals surface area contributed by atoms with Gasteiger partial charge in [-0.1, -0.05) is 29.8 Å². The second kappa shape index (κ2) is 6.29. The molecule has 0 atom stereocenters. The van der Waals surface area contributed by atoms with Crippen LogP contribution >= 0.6 is 11.6 Å². The van der Waals surface area contributed by atoms with Gasteiger partial charge in [0.2, 0.25) is 5.82 Å². The van der Waals surface area contributed by atoms with Crippen LogP contribution in [-0.4, -0.2) is 16.5 Å². The molecule has 1 aromatic heterocycles. The normalized spacial score (nSPS) is 10.3. The number of rotatable bonds is 5. The number of aromatic nitrogens is 1. The van der Waals surface area contributed by atoms with Gasteiger partial charge in [-0.3, -0.25) is 10.1 Å². The van der Waals surface area contributed by atoms with E-state index < -0.39 is 4.92 Å². The molecule has 1 aromatic carbocycles. The lowest BCUT2D eigenvalue weighted by Crippen LogP contribution is -2.09. The highest BCUT2D eigenvalue weighted by atomic mass is 35.5. The smallest absolute Gasteiger partial charge is 0.312 e. The van der Waals surface area contributed by atoms with Crippen LogP contribution in [0.15, 0.2) is 36.5 Å². The third-order valence-electron chi connectivity index (χ3n) is 2.68. The number of benzene rings is 1. The molecule has 7 heteroatoms. The first kappa shape index (κ1) is 14.2. The molecular weight excluding hydrogens is 285 g/mol. The van der Waals surface area contributed by atoms with E-state index >= 15 is 0 Å². The molecule has 0 fully saturated rings. The summed E-state index contributed by atoms with van der Waals surface area (Å²) in [6.07, 6.45) is 1.72. The van der Waals surface area contributed by atoms with E-state index in [4.69, 9.17) is 11.6 Å². The minimum absolute atomic E-state index is 0.121. The molecule has 2 rings (SSSR count). The Hall–Kier alpha value is -2.21. The van der Waals surface area contributed by atoms with E-state index in [-0.39, 0.29) is 22.3 Å². The Morgan fingerprint density at radius 1 is 1.40 bits per heavy atom. The number of halogens is 2. The number of nitrogens with zero attached hydrogens (tertiary/aromatic N) is 2. The second-order valence-electron chi connectivity index (χ2n) is 4.05. The number of hydrogen-bond donors (Lipinski definition) is 1. The van der Waals surface area contributed by atoms with Gasteiger partial charge in [-0.05, 0) is 18.1 Å². The van der Waals surface area contributed by atoms with Crippen molar-refractivity contribution in [2.24, 2.45) is 0 Å². The van der Waals surface area contributed by atoms with Crippen LogP contribution < -0.4 is 5.32 Å². The molecule has 0 saturated carbocycles. The molecule has 1 N–H and O–H groups in total. The van der Waals surface area contributed by atoms with Crippen LogP contribution in [0.2, 0.25) is 5.02 Å². The monoisotopic (exact) mass is 295 g/mol. The van der Waals surface area contributed by atoms with Crippen molar-refractivity contribution in [3.05, 3.63) is 63.0 Å². The molecule has 0 aliphatic rings. The van der Waals surface area contributed by atoms with Crippen molar-refractivity contribution in [2.45, 2.75) is 6.42 Å². The number of anilines is 1. The lowest BCUT2D eigenvalue weighted by atomic mass is 10.1. The Kier molecular flexibility index (Phi) is 4.47. The molecule has 1 heterocycles. The van der Waals surface area contributed by atoms with Crippen LogP contribution in [0.5, 0.6) is 0 Å². The SMILES string of the molecule is O=[N+]([O-])c1cc(Cl)cnc1NCCc1ccccc1F. The van der Waals surface area contributed by atoms with Gasteiger partial charge >= 0.3 is 5.69 Å². The lowest BCUT2D eigenvalue weighted by molar-refractivity contribution is -0.384. The van der Waals surface area contributed by atoms with Crippen LogP contribution in [0.25, 0.3) is 0 Å². The summed E-state index contributed by atoms with van der Waals surface area (Å²) < 4.78 is 13.4. The topological polar surface area (TPSA) is 68.1 Å². The van der Waals surface area contributed by atoms with Gasteiger partial charge in [0.15, 0.2) is 0 Å². The second-order valence-corrected chi connectivity index (χ2v) is 4.48. The summed E-state index contributed by atoms with van der Waals surface area (Å²) in [5.41, 5.74) is 0.336. The van der Waals surface area contributed by atoms with Gasteiger partial charge in [0.25, 0.3) is 0 Å². The minimum atomic E-state index is -0.565. The minimum Gasteiger partial charge on any atom is -0.364 e. The maximum Gasteiger partial charge on any atom is 0.312 e. The van der Waals surface area contributed by atoms with E-state index in [1.165, 1.54) is 18.3 Å². The molecule has 104 valence electrons. The number of nitro groups is 1. The molecule has 0 amide bonds. The van der Waals surface area contributed by atoms with Crippen molar-refractivity contribution >= 4 is 23.1 Å². The summed E-state index contributed by atoms with van der Waals surface area (Å²) in [7, 11) is 0. The van der Waals surface area contributed by atoms with E-state index in [0.717, 1.165) is 0 Å². The van der Waals surface area contributed by atoms with Crippen LogP contribution in [0.4, 0.5) is 15.9 Å². The average Bonchev–Trinajstić information content (AvgIpc) is 2.42. The maximum atomic E-state index is 13.4. The Labute approximate surface area is 119 Å². The molecule has 2 aromatic rings. The van der Waals surface area contributed by atoms with Gasteiger partial charge in [0, 0.05) is 18.8 Å². The van der Waals surface area contributed by atoms with Gasteiger partial charge in [-0.15, -0.1) is 0 Å². The molecule has 0 spiro atoms. The van der Waals surface area contributed by atoms with Crippen LogP contribution in [-0.2, 0) is 6.42 Å². The predicted octanol–water partition coefficient (Wildman–Crippen LogP) is 3.44. The lowest BCUT2D eigenvalue weighted by Gasteiger charge is -2.07. The van der Waals surface area contributed by atoms with Gasteiger partial charge in [-0.25, -0.2) is 9.37 Å². The zero-order valence-corrected chi connectivity index (χ0v) is 11.1. The maximum absolute atomic E-state index is 13.4. The van der Waals surface area contributed by atoms with E-state index in [0.29, 0.717) is 18.5 Å². The van der Waals surface area contributed by atoms with Gasteiger partial charge < -0.3 is 5.32 Å². The summed E-state index contributed by atoms with van der Waals surface area (Å²) in [5, 5.41) is 13.9. The van der Waals surface area contributed by atoms with Crippen molar-refractivity contribution in [2.75, 3.05) is 11.9 Å². The third kappa shape index (κ3) is 3.42. The van der Waals surface area contributed by atoms with E-state index in [1.807, 2.05) is 0 Å². The number of hydrogen-bond acceptors (Lipinski definition) is 4. The Morgan fingerprint density at radius 3 is 2.85 bits per heavy atom. The van der Waals surface area contributed by atoms with Crippen LogP contribution in [0.3, 0.4) is 0 Å². The van der Waals surface area contributed by atoms with Crippen molar-refractivity contribution < 1.29 is 9.31 Å². The van der Waals surface area contributed by atoms with Crippen molar-refractivity contribution in [3.63, 3.8) is 0 Å². The van der Waals surface area contributed by atoms with E-state index in [1.54, 1.807) is 18.2 Å². The fourth-order valence-electron chi connectivity index (χ4n) is 1.72. The van der Waals surface area contributed by atoms with Crippen LogP contribution in [0, 0.1) is 15.9 Å². The van der Waals surface area contributed by atoms with Crippen molar-refractivity contribution in [3.8, 4) is 0 Å². The fourth-order valence-corrected chi connectivity index (χ4v) is 1.87. The molecular formula is C13H11ClFN3O2. The molecule has 0 unspecified atom stereocenters. The highest BCUT2D eigenvalue weighted by molar-refractivity contribution is 6.30. The quantitative estimate of drug-likeness (QED) is 0.678. The van der Waals surface area contributed by atoms with E-state index in [2.05, 4.69) is 10.3 Å². The van der Waals surface area contributed by atoms with Crippen molar-refractivity contribution in [1.29, 1.82) is 0 Å². The Morgan fingerprint density at radius 2 is 2.15 bits per heavy atom. The molecule has 0 saturated heterocycles. The fraction of sp³-hybridized carbons (Fsp3) is 0.154. The zero-order chi connectivity index (χ0) is 14.5. The molecule has 20 heavy (non-hydrogen) atoms. The third-order valence-corrected chi connectivity index (χ3v) is 2.88. The zero-order valence-electron chi connectivity index (χ0n) is 10.3. The summed E-state index contributed by atoms with van der Waals surface area (Å²) in [4.78, 5) is 14.2. The van der Waals surface area contributed by atoms with Crippen LogP contribution in [0.1, 0.15) is 5.56 Å². The van der Waals surface area contributed by atoms with Gasteiger partial charge in [-0.2, -0.15) is 0 Å². The Bertz CT molecular complexity index is 637. The van der Waals surface area contributed by atoms with Crippen molar-refractivity contribution in [1.82, 2.24) is 4.98 Å². The highest BCUT2D eigenvalue weighted by Crippen LogP contribution is 2.24. The highest BCUT2D eigenvalue weighted by Gasteiger charge is 2.15. The summed E-state index contributed by atoms with van der Waals surface area (Å²) in [5.74, 6) is -0.177. The Balaban J connectivity index is 2.05. The first-order valence-corrected chi connectivity index (χ1v) is 6.23. The van der Waals surface area contributed by atoms with E-state index in [9.17, 15) is 14.5 Å². The molecule has 0 aliphatic heterocycles. The largest absolute Gasteiger partial charge is 0.364 e. The summed E-state index contributed by atoms with van der Waals surface area (Å²) in [6, 6.07) is 7.61. The first-order valence-electron chi connectivity index (χ1n) is 5.85. The molecule has 0 radical (unpaired) electrons. The molecule has 0 bridgehead atoms. The summed E-state index contributed by atoms with van der Waals surface area (Å²) >= 11 is 5.67. The number of pyridine rings is 1. The molecule has 5 nitrogen and oxygen atoms in total. The number of nitrogens with one attached hydrogen (secondary N) is 1.